The molecule has 0 spiro atoms. The molecule has 0 unspecified atom stereocenters. The lowest BCUT2D eigenvalue weighted by atomic mass is 9.73. The molecule has 0 aliphatic heterocycles. The summed E-state index contributed by atoms with van der Waals surface area (Å²) in [5.74, 6) is 3.18. The van der Waals surface area contributed by atoms with Crippen LogP contribution in [0.5, 0.6) is 11.5 Å². The molecule has 6 atom stereocenters. The van der Waals surface area contributed by atoms with Crippen LogP contribution in [-0.4, -0.2) is 31.8 Å². The second kappa shape index (κ2) is 17.3. The number of benzene rings is 4. The Morgan fingerprint density at radius 3 is 2.49 bits per heavy atom. The summed E-state index contributed by atoms with van der Waals surface area (Å²) in [5.41, 5.74) is 4.52. The zero-order valence-electron chi connectivity index (χ0n) is 30.8. The normalized spacial score (nSPS) is 20.5. The zero-order chi connectivity index (χ0) is 35.7. The van der Waals surface area contributed by atoms with Gasteiger partial charge in [-0.05, 0) is 127 Å². The van der Waals surface area contributed by atoms with Crippen molar-refractivity contribution in [1.29, 1.82) is 0 Å². The Morgan fingerprint density at radius 1 is 0.882 bits per heavy atom. The van der Waals surface area contributed by atoms with Crippen LogP contribution in [0.15, 0.2) is 84.9 Å². The number of ether oxygens (including phenoxy) is 4. The molecule has 0 radical (unpaired) electrons. The summed E-state index contributed by atoms with van der Waals surface area (Å²) in [5, 5.41) is 2.18. The van der Waals surface area contributed by atoms with Crippen LogP contribution >= 0.6 is 0 Å². The van der Waals surface area contributed by atoms with Gasteiger partial charge in [-0.3, -0.25) is 4.79 Å². The molecule has 0 amide bonds. The van der Waals surface area contributed by atoms with Gasteiger partial charge in [-0.2, -0.15) is 0 Å². The molecule has 51 heavy (non-hydrogen) atoms. The fourth-order valence-electron chi connectivity index (χ4n) is 8.56. The Bertz CT molecular complexity index is 1770. The van der Waals surface area contributed by atoms with Gasteiger partial charge in [0, 0.05) is 0 Å². The highest BCUT2D eigenvalue weighted by molar-refractivity contribution is 5.86. The summed E-state index contributed by atoms with van der Waals surface area (Å²) >= 11 is 0. The quantitative estimate of drug-likeness (QED) is 0.0861. The van der Waals surface area contributed by atoms with E-state index in [1.165, 1.54) is 17.5 Å². The Kier molecular flexibility index (Phi) is 12.3. The number of hydrogen-bond donors (Lipinski definition) is 0. The van der Waals surface area contributed by atoms with Gasteiger partial charge in [0.1, 0.15) is 24.2 Å². The summed E-state index contributed by atoms with van der Waals surface area (Å²) in [7, 11) is 1.67. The average molecular weight is 691 g/mol. The third-order valence-electron chi connectivity index (χ3n) is 11.5. The van der Waals surface area contributed by atoms with E-state index >= 15 is 0 Å². The second-order valence-corrected chi connectivity index (χ2v) is 14.9. The minimum absolute atomic E-state index is 0.0695. The van der Waals surface area contributed by atoms with Gasteiger partial charge >= 0.3 is 11.9 Å². The number of esters is 2. The van der Waals surface area contributed by atoms with Gasteiger partial charge in [0.25, 0.3) is 0 Å². The molecule has 0 N–H and O–H groups in total. The predicted molar refractivity (Wildman–Crippen MR) is 202 cm³/mol. The number of carbonyl (C=O) groups excluding carboxylic acids is 2. The minimum Gasteiger partial charge on any atom is -0.497 e. The Labute approximate surface area is 303 Å². The zero-order valence-corrected chi connectivity index (χ0v) is 30.8. The van der Waals surface area contributed by atoms with Gasteiger partial charge < -0.3 is 18.9 Å². The van der Waals surface area contributed by atoms with Crippen molar-refractivity contribution >= 4 is 22.7 Å². The molecule has 1 fully saturated rings. The maximum atomic E-state index is 13.6. The standard InChI is InChI=1S/C45H54O6/c1-5-6-8-15-38(51-45(47)31(3)33-17-18-35-25-39(48-4)20-19-34(35)24-33)21-22-40-30(2)23-37-27-42-36(26-41(37)40)14-11-16-43(42)49-29-44(46)50-28-32-12-9-7-10-13-32/h7,9-14,16-20,24-25,30-31,37-38,40-41H,5-6,8,15,21-23,26-29H2,1-4H3/t30-,31+,37-,38+,40+,41+/m1/s1. The average Bonchev–Trinajstić information content (AvgIpc) is 3.46. The van der Waals surface area contributed by atoms with E-state index < -0.39 is 0 Å². The van der Waals surface area contributed by atoms with E-state index in [0.29, 0.717) is 23.7 Å². The minimum atomic E-state index is -0.360. The van der Waals surface area contributed by atoms with Crippen LogP contribution in [0.3, 0.4) is 0 Å². The van der Waals surface area contributed by atoms with Crippen molar-refractivity contribution < 1.29 is 28.5 Å². The highest BCUT2D eigenvalue weighted by atomic mass is 16.6. The number of hydrogen-bond acceptors (Lipinski definition) is 6. The molecule has 0 saturated heterocycles. The van der Waals surface area contributed by atoms with Crippen LogP contribution in [0.25, 0.3) is 10.8 Å². The molecule has 0 aromatic heterocycles. The van der Waals surface area contributed by atoms with Crippen molar-refractivity contribution in [1.82, 2.24) is 0 Å². The molecule has 0 bridgehead atoms. The number of unbranched alkanes of at least 4 members (excludes halogenated alkanes) is 2. The SMILES string of the molecule is CCCCC[C@@H](CC[C@@H]1[C@H]2Cc3cccc(OCC(=O)OCc4ccccc4)c3C[C@H]2C[C@H]1C)OC(=O)[C@@H](C)c1ccc2cc(OC)ccc2c1. The monoisotopic (exact) mass is 690 g/mol. The van der Waals surface area contributed by atoms with E-state index in [-0.39, 0.29) is 37.2 Å². The highest BCUT2D eigenvalue weighted by Crippen LogP contribution is 2.51. The van der Waals surface area contributed by atoms with Gasteiger partial charge in [-0.1, -0.05) is 93.4 Å². The van der Waals surface area contributed by atoms with E-state index in [9.17, 15) is 9.59 Å². The van der Waals surface area contributed by atoms with Crippen molar-refractivity contribution in [3.63, 3.8) is 0 Å². The lowest BCUT2D eigenvalue weighted by Gasteiger charge is -2.33. The summed E-state index contributed by atoms with van der Waals surface area (Å²) in [6.07, 6.45) is 9.36. The van der Waals surface area contributed by atoms with E-state index in [1.807, 2.05) is 73.7 Å². The summed E-state index contributed by atoms with van der Waals surface area (Å²) in [6.45, 7) is 6.74. The fraction of sp³-hybridized carbons (Fsp3) is 0.467. The van der Waals surface area contributed by atoms with Gasteiger partial charge in [0.2, 0.25) is 0 Å². The predicted octanol–water partition coefficient (Wildman–Crippen LogP) is 10.0. The first-order valence-electron chi connectivity index (χ1n) is 19.0. The van der Waals surface area contributed by atoms with Crippen LogP contribution in [0.1, 0.15) is 93.9 Å². The van der Waals surface area contributed by atoms with Crippen molar-refractivity contribution in [2.45, 2.75) is 97.2 Å². The van der Waals surface area contributed by atoms with Crippen LogP contribution in [0.2, 0.25) is 0 Å². The first kappa shape index (κ1) is 36.5. The van der Waals surface area contributed by atoms with Crippen molar-refractivity contribution in [2.24, 2.45) is 23.7 Å². The Morgan fingerprint density at radius 2 is 1.69 bits per heavy atom. The second-order valence-electron chi connectivity index (χ2n) is 14.9. The van der Waals surface area contributed by atoms with Crippen LogP contribution < -0.4 is 9.47 Å². The van der Waals surface area contributed by atoms with Gasteiger partial charge in [-0.15, -0.1) is 0 Å². The molecular formula is C45H54O6. The first-order chi connectivity index (χ1) is 24.8. The summed E-state index contributed by atoms with van der Waals surface area (Å²) < 4.78 is 23.2. The molecule has 2 aliphatic rings. The Hall–Kier alpha value is -4.32. The molecule has 1 saturated carbocycles. The maximum Gasteiger partial charge on any atom is 0.344 e. The Balaban J connectivity index is 1.06. The van der Waals surface area contributed by atoms with E-state index in [1.54, 1.807) is 7.11 Å². The molecule has 6 heteroatoms. The summed E-state index contributed by atoms with van der Waals surface area (Å²) in [4.78, 5) is 26.1. The number of fused-ring (bicyclic) bond motifs is 3. The third-order valence-corrected chi connectivity index (χ3v) is 11.5. The third kappa shape index (κ3) is 9.13. The molecule has 0 heterocycles. The number of rotatable bonds is 16. The van der Waals surface area contributed by atoms with Crippen molar-refractivity contribution in [2.75, 3.05) is 13.7 Å². The smallest absolute Gasteiger partial charge is 0.344 e. The molecular weight excluding hydrogens is 636 g/mol. The lowest BCUT2D eigenvalue weighted by molar-refractivity contribution is -0.151. The van der Waals surface area contributed by atoms with Crippen LogP contribution in [0, 0.1) is 23.7 Å². The van der Waals surface area contributed by atoms with E-state index in [4.69, 9.17) is 18.9 Å². The summed E-state index contributed by atoms with van der Waals surface area (Å²) in [6, 6.07) is 28.2. The topological polar surface area (TPSA) is 71.1 Å². The molecule has 6 rings (SSSR count). The van der Waals surface area contributed by atoms with E-state index in [2.05, 4.69) is 32.0 Å². The molecule has 270 valence electrons. The molecule has 2 aliphatic carbocycles. The molecule has 4 aromatic carbocycles. The van der Waals surface area contributed by atoms with Crippen LogP contribution in [0.4, 0.5) is 0 Å². The first-order valence-corrected chi connectivity index (χ1v) is 19.0. The lowest BCUT2D eigenvalue weighted by Crippen LogP contribution is -2.28. The van der Waals surface area contributed by atoms with E-state index in [0.717, 1.165) is 84.8 Å². The van der Waals surface area contributed by atoms with Crippen molar-refractivity contribution in [3.05, 3.63) is 107 Å². The fourth-order valence-corrected chi connectivity index (χ4v) is 8.56. The van der Waals surface area contributed by atoms with Crippen LogP contribution in [-0.2, 0) is 38.5 Å². The highest BCUT2D eigenvalue weighted by Gasteiger charge is 2.44. The largest absolute Gasteiger partial charge is 0.497 e. The molecule has 6 nitrogen and oxygen atoms in total. The van der Waals surface area contributed by atoms with Crippen molar-refractivity contribution in [3.8, 4) is 11.5 Å². The van der Waals surface area contributed by atoms with Gasteiger partial charge in [-0.25, -0.2) is 4.79 Å². The molecule has 4 aromatic rings. The number of methoxy groups -OCH3 is 1. The van der Waals surface area contributed by atoms with Gasteiger partial charge in [0.15, 0.2) is 6.61 Å². The number of carbonyl (C=O) groups is 2. The van der Waals surface area contributed by atoms with Gasteiger partial charge in [0.05, 0.1) is 13.0 Å². The maximum absolute atomic E-state index is 13.6.